The van der Waals surface area contributed by atoms with Crippen molar-refractivity contribution in [3.63, 3.8) is 0 Å². The molecule has 20 heavy (non-hydrogen) atoms. The summed E-state index contributed by atoms with van der Waals surface area (Å²) in [6, 6.07) is 3.12. The third-order valence-electron chi connectivity index (χ3n) is 2.52. The number of nitrogens with two attached hydrogens (primary N) is 1. The van der Waals surface area contributed by atoms with E-state index in [1.165, 1.54) is 23.6 Å². The first-order chi connectivity index (χ1) is 9.44. The monoisotopic (exact) mass is 313 g/mol. The standard InChI is InChI=1S/C11H15N5O2S2/c1-7(2)9-6-19-11(14-9)16-20(17,18)10-8(15-12)4-3-5-13-10/h3-7,15H,12H2,1-2H3,(H,14,16). The molecule has 0 saturated carbocycles. The van der Waals surface area contributed by atoms with Gasteiger partial charge in [0.2, 0.25) is 5.03 Å². The number of aromatic nitrogens is 2. The van der Waals surface area contributed by atoms with Crippen LogP contribution in [0.25, 0.3) is 0 Å². The lowest BCUT2D eigenvalue weighted by Gasteiger charge is -2.08. The lowest BCUT2D eigenvalue weighted by molar-refractivity contribution is 0.598. The summed E-state index contributed by atoms with van der Waals surface area (Å²) in [5.41, 5.74) is 3.37. The highest BCUT2D eigenvalue weighted by molar-refractivity contribution is 7.93. The predicted molar refractivity (Wildman–Crippen MR) is 79.1 cm³/mol. The normalized spacial score (nSPS) is 11.6. The summed E-state index contributed by atoms with van der Waals surface area (Å²) in [7, 11) is -3.82. The molecule has 0 unspecified atom stereocenters. The SMILES string of the molecule is CC(C)c1csc(NS(=O)(=O)c2ncccc2NN)n1. The number of hydrazine groups is 1. The fraction of sp³-hybridized carbons (Fsp3) is 0.273. The number of hydrogen-bond acceptors (Lipinski definition) is 7. The Morgan fingerprint density at radius 2 is 2.15 bits per heavy atom. The fourth-order valence-electron chi connectivity index (χ4n) is 1.48. The molecule has 0 aromatic carbocycles. The van der Waals surface area contributed by atoms with Gasteiger partial charge in [0.05, 0.1) is 11.4 Å². The van der Waals surface area contributed by atoms with E-state index in [2.05, 4.69) is 20.1 Å². The maximum atomic E-state index is 12.3. The highest BCUT2D eigenvalue weighted by Gasteiger charge is 2.21. The summed E-state index contributed by atoms with van der Waals surface area (Å²) in [6.45, 7) is 3.98. The molecular weight excluding hydrogens is 298 g/mol. The van der Waals surface area contributed by atoms with Crippen LogP contribution in [0.15, 0.2) is 28.7 Å². The zero-order chi connectivity index (χ0) is 14.8. The number of nitrogens with zero attached hydrogens (tertiary/aromatic N) is 2. The third kappa shape index (κ3) is 3.06. The van der Waals surface area contributed by atoms with Crippen molar-refractivity contribution in [2.24, 2.45) is 5.84 Å². The van der Waals surface area contributed by atoms with E-state index in [1.807, 2.05) is 19.2 Å². The van der Waals surface area contributed by atoms with E-state index in [4.69, 9.17) is 5.84 Å². The van der Waals surface area contributed by atoms with Crippen LogP contribution in [-0.4, -0.2) is 18.4 Å². The Hall–Kier alpha value is -1.71. The molecule has 0 aliphatic heterocycles. The van der Waals surface area contributed by atoms with Gasteiger partial charge in [-0.15, -0.1) is 11.3 Å². The van der Waals surface area contributed by atoms with E-state index in [0.717, 1.165) is 5.69 Å². The first kappa shape index (κ1) is 14.7. The Kier molecular flexibility index (Phi) is 4.21. The van der Waals surface area contributed by atoms with E-state index >= 15 is 0 Å². The van der Waals surface area contributed by atoms with Gasteiger partial charge in [-0.25, -0.2) is 9.97 Å². The zero-order valence-electron chi connectivity index (χ0n) is 11.0. The van der Waals surface area contributed by atoms with Crippen LogP contribution in [-0.2, 0) is 10.0 Å². The molecule has 0 bridgehead atoms. The van der Waals surface area contributed by atoms with Gasteiger partial charge in [0.1, 0.15) is 0 Å². The van der Waals surface area contributed by atoms with Gasteiger partial charge in [-0.2, -0.15) is 8.42 Å². The smallest absolute Gasteiger partial charge is 0.283 e. The minimum atomic E-state index is -3.82. The topological polar surface area (TPSA) is 110 Å². The molecule has 4 N–H and O–H groups in total. The molecule has 2 aromatic rings. The molecule has 7 nitrogen and oxygen atoms in total. The van der Waals surface area contributed by atoms with Crippen molar-refractivity contribution in [3.8, 4) is 0 Å². The van der Waals surface area contributed by atoms with E-state index in [1.54, 1.807) is 6.07 Å². The summed E-state index contributed by atoms with van der Waals surface area (Å²) < 4.78 is 26.9. The zero-order valence-corrected chi connectivity index (χ0v) is 12.6. The van der Waals surface area contributed by atoms with E-state index < -0.39 is 10.0 Å². The van der Waals surface area contributed by atoms with Crippen LogP contribution in [0.5, 0.6) is 0 Å². The first-order valence-electron chi connectivity index (χ1n) is 5.84. The highest BCUT2D eigenvalue weighted by Crippen LogP contribution is 2.25. The van der Waals surface area contributed by atoms with E-state index in [9.17, 15) is 8.42 Å². The number of nitrogen functional groups attached to an aromatic ring is 1. The van der Waals surface area contributed by atoms with Crippen LogP contribution >= 0.6 is 11.3 Å². The van der Waals surface area contributed by atoms with Crippen LogP contribution in [0.4, 0.5) is 10.8 Å². The van der Waals surface area contributed by atoms with Crippen molar-refractivity contribution in [1.82, 2.24) is 9.97 Å². The number of anilines is 2. The van der Waals surface area contributed by atoms with Gasteiger partial charge in [-0.3, -0.25) is 10.6 Å². The Labute approximate surface area is 121 Å². The Bertz CT molecular complexity index is 696. The van der Waals surface area contributed by atoms with Crippen molar-refractivity contribution in [2.45, 2.75) is 24.8 Å². The summed E-state index contributed by atoms with van der Waals surface area (Å²) in [6.07, 6.45) is 1.39. The maximum absolute atomic E-state index is 12.3. The van der Waals surface area contributed by atoms with Gasteiger partial charge >= 0.3 is 0 Å². The molecular formula is C11H15N5O2S2. The average molecular weight is 313 g/mol. The van der Waals surface area contributed by atoms with Gasteiger partial charge in [0, 0.05) is 11.6 Å². The Morgan fingerprint density at radius 3 is 2.75 bits per heavy atom. The minimum absolute atomic E-state index is 0.163. The number of hydrogen-bond donors (Lipinski definition) is 3. The van der Waals surface area contributed by atoms with Gasteiger partial charge in [0.25, 0.3) is 10.0 Å². The van der Waals surface area contributed by atoms with E-state index in [0.29, 0.717) is 5.13 Å². The number of rotatable bonds is 5. The second kappa shape index (κ2) is 5.73. The molecule has 0 aliphatic carbocycles. The fourth-order valence-corrected chi connectivity index (χ4v) is 3.70. The molecule has 2 heterocycles. The molecule has 0 aliphatic rings. The molecule has 0 fully saturated rings. The van der Waals surface area contributed by atoms with Crippen molar-refractivity contribution in [3.05, 3.63) is 29.4 Å². The van der Waals surface area contributed by atoms with Gasteiger partial charge in [0.15, 0.2) is 5.13 Å². The Morgan fingerprint density at radius 1 is 1.40 bits per heavy atom. The van der Waals surface area contributed by atoms with Crippen molar-refractivity contribution >= 4 is 32.2 Å². The summed E-state index contributed by atoms with van der Waals surface area (Å²) >= 11 is 1.23. The molecule has 0 amide bonds. The van der Waals surface area contributed by atoms with Gasteiger partial charge < -0.3 is 5.43 Å². The first-order valence-corrected chi connectivity index (χ1v) is 8.20. The van der Waals surface area contributed by atoms with Crippen molar-refractivity contribution in [1.29, 1.82) is 0 Å². The number of pyridine rings is 1. The second-order valence-corrected chi connectivity index (χ2v) is 6.79. The summed E-state index contributed by atoms with van der Waals surface area (Å²) in [5, 5.41) is 1.97. The van der Waals surface area contributed by atoms with Crippen molar-refractivity contribution in [2.75, 3.05) is 10.1 Å². The quantitative estimate of drug-likeness (QED) is 0.573. The lowest BCUT2D eigenvalue weighted by atomic mass is 10.2. The van der Waals surface area contributed by atoms with Crippen LogP contribution in [0.3, 0.4) is 0 Å². The molecule has 0 spiro atoms. The maximum Gasteiger partial charge on any atom is 0.283 e. The molecule has 2 rings (SSSR count). The second-order valence-electron chi connectivity index (χ2n) is 4.34. The van der Waals surface area contributed by atoms with E-state index in [-0.39, 0.29) is 16.6 Å². The minimum Gasteiger partial charge on any atom is -0.321 e. The number of nitrogens with one attached hydrogen (secondary N) is 2. The Balaban J connectivity index is 2.31. The largest absolute Gasteiger partial charge is 0.321 e. The van der Waals surface area contributed by atoms with Crippen LogP contribution < -0.4 is 16.0 Å². The van der Waals surface area contributed by atoms with Crippen molar-refractivity contribution < 1.29 is 8.42 Å². The molecule has 2 aromatic heterocycles. The number of sulfonamides is 1. The van der Waals surface area contributed by atoms with Gasteiger partial charge in [-0.1, -0.05) is 13.8 Å². The predicted octanol–water partition coefficient (Wildman–Crippen LogP) is 1.75. The molecule has 0 radical (unpaired) electrons. The molecule has 0 saturated heterocycles. The molecule has 108 valence electrons. The molecule has 9 heteroatoms. The summed E-state index contributed by atoms with van der Waals surface area (Å²) in [5.74, 6) is 5.53. The number of thiazole rings is 1. The third-order valence-corrected chi connectivity index (χ3v) is 4.72. The average Bonchev–Trinajstić information content (AvgIpc) is 2.86. The van der Waals surface area contributed by atoms with Crippen LogP contribution in [0, 0.1) is 0 Å². The highest BCUT2D eigenvalue weighted by atomic mass is 32.2. The van der Waals surface area contributed by atoms with Crippen LogP contribution in [0.1, 0.15) is 25.5 Å². The van der Waals surface area contributed by atoms with Gasteiger partial charge in [-0.05, 0) is 18.1 Å². The summed E-state index contributed by atoms with van der Waals surface area (Å²) in [4.78, 5) is 8.07. The molecule has 0 atom stereocenters. The van der Waals surface area contributed by atoms with Crippen LogP contribution in [0.2, 0.25) is 0 Å². The lowest BCUT2D eigenvalue weighted by Crippen LogP contribution is -2.18.